The van der Waals surface area contributed by atoms with Crippen molar-refractivity contribution in [2.75, 3.05) is 0 Å². The van der Waals surface area contributed by atoms with Crippen molar-refractivity contribution in [3.8, 4) is 0 Å². The van der Waals surface area contributed by atoms with Gasteiger partial charge in [-0.05, 0) is 63.7 Å². The molecule has 0 saturated heterocycles. The van der Waals surface area contributed by atoms with Crippen LogP contribution in [0.3, 0.4) is 0 Å². The molecule has 0 bridgehead atoms. The number of carbonyl (C=O) groups is 3. The second-order valence-corrected chi connectivity index (χ2v) is 9.22. The number of aliphatic carboxylic acids is 1. The normalized spacial score (nSPS) is 13.4. The predicted molar refractivity (Wildman–Crippen MR) is 135 cm³/mol. The Kier molecular flexibility index (Phi) is 17.7. The van der Waals surface area contributed by atoms with Crippen molar-refractivity contribution in [1.29, 1.82) is 0 Å². The summed E-state index contributed by atoms with van der Waals surface area (Å²) in [6.45, 7) is 6.68. The van der Waals surface area contributed by atoms with Crippen molar-refractivity contribution in [2.24, 2.45) is 5.73 Å². The molecule has 2 amide bonds. The summed E-state index contributed by atoms with van der Waals surface area (Å²) in [5, 5.41) is 11.6. The van der Waals surface area contributed by atoms with E-state index < -0.39 is 17.9 Å². The molecule has 0 spiro atoms. The molecule has 4 N–H and O–H groups in total. The van der Waals surface area contributed by atoms with Crippen LogP contribution in [0.2, 0.25) is 0 Å². The lowest BCUT2D eigenvalue weighted by Crippen LogP contribution is -2.41. The van der Waals surface area contributed by atoms with E-state index in [1.54, 1.807) is 0 Å². The topological polar surface area (TPSA) is 109 Å². The molecule has 184 valence electrons. The number of carboxylic acid groups (broad SMARTS) is 1. The Balaban J connectivity index is 3.96. The number of hydrogen-bond acceptors (Lipinski definition) is 4. The first kappa shape index (κ1) is 30.2. The summed E-state index contributed by atoms with van der Waals surface area (Å²) in [4.78, 5) is 35.0. The lowest BCUT2D eigenvalue weighted by atomic mass is 10.0. The van der Waals surface area contributed by atoms with Crippen LogP contribution in [0.5, 0.6) is 0 Å². The van der Waals surface area contributed by atoms with Crippen LogP contribution in [0.25, 0.3) is 0 Å². The minimum absolute atomic E-state index is 0.0176. The zero-order chi connectivity index (χ0) is 24.4. The molecule has 0 rings (SSSR count). The number of unbranched alkanes of at least 4 members (excludes halogenated alkanes) is 6. The lowest BCUT2D eigenvalue weighted by Gasteiger charge is -2.13. The number of hydrogen-bond donors (Lipinski definition) is 4. The van der Waals surface area contributed by atoms with E-state index >= 15 is 0 Å². The zero-order valence-electron chi connectivity index (χ0n) is 20.3. The van der Waals surface area contributed by atoms with Crippen LogP contribution in [0.15, 0.2) is 22.1 Å². The number of thiol groups is 1. The highest BCUT2D eigenvalue weighted by Crippen LogP contribution is 2.20. The standard InChI is InChI=1S/C25H44N2O4S/c1-4-5-9-12-19(2)20(3)15-16-21(32)13-10-7-6-8-11-14-24(29)27-22(25(30)31)17-18-23(26)28/h16,22,32H,4-15,17-18H2,1-3H3,(H2,26,28)(H,27,29)(H,30,31)/b20-19-,21-16+. The number of primary amides is 1. The summed E-state index contributed by atoms with van der Waals surface area (Å²) < 4.78 is 0. The Morgan fingerprint density at radius 1 is 0.906 bits per heavy atom. The van der Waals surface area contributed by atoms with Gasteiger partial charge in [0, 0.05) is 12.8 Å². The molecule has 0 aromatic rings. The van der Waals surface area contributed by atoms with E-state index in [1.165, 1.54) is 36.8 Å². The fourth-order valence-electron chi connectivity index (χ4n) is 3.33. The average molecular weight is 469 g/mol. The largest absolute Gasteiger partial charge is 0.480 e. The molecule has 0 saturated carbocycles. The first-order chi connectivity index (χ1) is 15.2. The van der Waals surface area contributed by atoms with Gasteiger partial charge in [-0.1, -0.05) is 56.3 Å². The minimum atomic E-state index is -1.15. The SMILES string of the molecule is CCCCC/C(C)=C(/C)C/C=C(/S)CCCCCCCC(=O)NC(CCC(N)=O)C(=O)O. The Hall–Kier alpha value is -1.76. The Morgan fingerprint density at radius 3 is 2.09 bits per heavy atom. The van der Waals surface area contributed by atoms with Gasteiger partial charge in [0.05, 0.1) is 0 Å². The first-order valence-electron chi connectivity index (χ1n) is 12.0. The van der Waals surface area contributed by atoms with E-state index in [9.17, 15) is 14.4 Å². The number of carboxylic acids is 1. The van der Waals surface area contributed by atoms with Gasteiger partial charge >= 0.3 is 5.97 Å². The van der Waals surface area contributed by atoms with Crippen LogP contribution in [0.1, 0.15) is 111 Å². The van der Waals surface area contributed by atoms with Gasteiger partial charge in [0.15, 0.2) is 0 Å². The molecule has 1 atom stereocenters. The molecule has 0 aliphatic heterocycles. The third-order valence-corrected chi connectivity index (χ3v) is 6.08. The van der Waals surface area contributed by atoms with E-state index in [-0.39, 0.29) is 18.7 Å². The average Bonchev–Trinajstić information content (AvgIpc) is 2.73. The summed E-state index contributed by atoms with van der Waals surface area (Å²) in [5.41, 5.74) is 7.99. The molecule has 6 nitrogen and oxygen atoms in total. The van der Waals surface area contributed by atoms with Crippen LogP contribution in [-0.4, -0.2) is 28.9 Å². The Labute approximate surface area is 199 Å². The quantitative estimate of drug-likeness (QED) is 0.111. The second-order valence-electron chi connectivity index (χ2n) is 8.65. The maximum Gasteiger partial charge on any atom is 0.326 e. The Morgan fingerprint density at radius 2 is 1.50 bits per heavy atom. The number of nitrogens with one attached hydrogen (secondary N) is 1. The fraction of sp³-hybridized carbons (Fsp3) is 0.720. The van der Waals surface area contributed by atoms with Gasteiger partial charge in [0.25, 0.3) is 0 Å². The van der Waals surface area contributed by atoms with Crippen LogP contribution >= 0.6 is 12.6 Å². The third-order valence-electron chi connectivity index (χ3n) is 5.68. The number of rotatable bonds is 19. The van der Waals surface area contributed by atoms with Crippen LogP contribution in [-0.2, 0) is 14.4 Å². The third kappa shape index (κ3) is 16.9. The second kappa shape index (κ2) is 18.8. The van der Waals surface area contributed by atoms with E-state index in [0.29, 0.717) is 6.42 Å². The Bertz CT molecular complexity index is 644. The van der Waals surface area contributed by atoms with Gasteiger partial charge in [-0.3, -0.25) is 9.59 Å². The molecular weight excluding hydrogens is 424 g/mol. The van der Waals surface area contributed by atoms with Gasteiger partial charge in [0.2, 0.25) is 11.8 Å². The minimum Gasteiger partial charge on any atom is -0.480 e. The first-order valence-corrected chi connectivity index (χ1v) is 12.5. The van der Waals surface area contributed by atoms with Gasteiger partial charge in [-0.25, -0.2) is 4.79 Å². The molecule has 0 aliphatic carbocycles. The summed E-state index contributed by atoms with van der Waals surface area (Å²) in [6.07, 6.45) is 14.3. The lowest BCUT2D eigenvalue weighted by molar-refractivity contribution is -0.142. The smallest absolute Gasteiger partial charge is 0.326 e. The van der Waals surface area contributed by atoms with Gasteiger partial charge < -0.3 is 16.2 Å². The van der Waals surface area contributed by atoms with Crippen molar-refractivity contribution >= 4 is 30.4 Å². The zero-order valence-corrected chi connectivity index (χ0v) is 21.1. The predicted octanol–water partition coefficient (Wildman–Crippen LogP) is 5.67. The van der Waals surface area contributed by atoms with Gasteiger partial charge in [-0.2, -0.15) is 0 Å². The molecule has 0 aliphatic rings. The maximum atomic E-state index is 11.9. The highest BCUT2D eigenvalue weighted by Gasteiger charge is 2.20. The molecule has 32 heavy (non-hydrogen) atoms. The highest BCUT2D eigenvalue weighted by molar-refractivity contribution is 7.84. The monoisotopic (exact) mass is 468 g/mol. The molecular formula is C25H44N2O4S. The number of amides is 2. The van der Waals surface area contributed by atoms with Crippen molar-refractivity contribution in [3.63, 3.8) is 0 Å². The van der Waals surface area contributed by atoms with Crippen LogP contribution in [0, 0.1) is 0 Å². The van der Waals surface area contributed by atoms with Gasteiger partial charge in [0.1, 0.15) is 6.04 Å². The number of allylic oxidation sites excluding steroid dienone is 4. The van der Waals surface area contributed by atoms with Crippen LogP contribution in [0.4, 0.5) is 0 Å². The summed E-state index contributed by atoms with van der Waals surface area (Å²) in [7, 11) is 0. The number of carbonyl (C=O) groups excluding carboxylic acids is 2. The fourth-order valence-corrected chi connectivity index (χ4v) is 3.58. The molecule has 1 unspecified atom stereocenters. The van der Waals surface area contributed by atoms with E-state index in [2.05, 4.69) is 44.8 Å². The summed E-state index contributed by atoms with van der Waals surface area (Å²) in [6, 6.07) is -1.06. The molecule has 0 aromatic carbocycles. The molecule has 0 aromatic heterocycles. The maximum absolute atomic E-state index is 11.9. The van der Waals surface area contributed by atoms with Crippen LogP contribution < -0.4 is 11.1 Å². The van der Waals surface area contributed by atoms with E-state index in [0.717, 1.165) is 49.9 Å². The summed E-state index contributed by atoms with van der Waals surface area (Å²) in [5.74, 6) is -2.02. The van der Waals surface area contributed by atoms with Crippen molar-refractivity contribution < 1.29 is 19.5 Å². The van der Waals surface area contributed by atoms with Gasteiger partial charge in [-0.15, -0.1) is 12.6 Å². The molecule has 0 radical (unpaired) electrons. The van der Waals surface area contributed by atoms with E-state index in [4.69, 9.17) is 10.8 Å². The molecule has 0 heterocycles. The molecule has 7 heteroatoms. The van der Waals surface area contributed by atoms with E-state index in [1.807, 2.05) is 0 Å². The molecule has 0 fully saturated rings. The summed E-state index contributed by atoms with van der Waals surface area (Å²) >= 11 is 4.62. The van der Waals surface area contributed by atoms with Crippen molar-refractivity contribution in [2.45, 2.75) is 117 Å². The van der Waals surface area contributed by atoms with Crippen molar-refractivity contribution in [1.82, 2.24) is 5.32 Å². The number of nitrogens with two attached hydrogens (primary N) is 1. The highest BCUT2D eigenvalue weighted by atomic mass is 32.1. The van der Waals surface area contributed by atoms with Crippen molar-refractivity contribution in [3.05, 3.63) is 22.1 Å².